The summed E-state index contributed by atoms with van der Waals surface area (Å²) in [6.07, 6.45) is 0. The predicted octanol–water partition coefficient (Wildman–Crippen LogP) is 20.8. The van der Waals surface area contributed by atoms with Gasteiger partial charge < -0.3 is 9.47 Å². The van der Waals surface area contributed by atoms with E-state index >= 15 is 0 Å². The number of hydrogen-bond donors (Lipinski definition) is 0. The number of benzene rings is 13. The van der Waals surface area contributed by atoms with Gasteiger partial charge in [-0.15, -0.1) is 0 Å². The van der Waals surface area contributed by atoms with Crippen LogP contribution in [0, 0.1) is 0 Å². The molecule has 2 heteroatoms. The Hall–Kier alpha value is -9.50. The van der Waals surface area contributed by atoms with Gasteiger partial charge in [0, 0.05) is 44.4 Å². The van der Waals surface area contributed by atoms with Gasteiger partial charge in [-0.1, -0.05) is 210 Å². The van der Waals surface area contributed by atoms with Crippen LogP contribution in [-0.4, -0.2) is 4.57 Å². The summed E-state index contributed by atoms with van der Waals surface area (Å²) < 4.78 is 2.49. The molecule has 14 aromatic rings. The minimum atomic E-state index is -0.264. The molecule has 78 heavy (non-hydrogen) atoms. The van der Waals surface area contributed by atoms with Crippen molar-refractivity contribution in [2.24, 2.45) is 0 Å². The summed E-state index contributed by atoms with van der Waals surface area (Å²) in [6.45, 7) is 9.58. The van der Waals surface area contributed by atoms with Crippen LogP contribution in [0.3, 0.4) is 0 Å². The first-order valence-electron chi connectivity index (χ1n) is 27.5. The standard InChI is InChI=1S/C76H54N2/c1-75(2)66-21-12-11-20-60(66)62-39-35-58(45-68(62)75)77(56-31-24-49(25-32-56)47-14-7-5-8-15-47)59-36-40-63-61-37-29-54(43-67(61)76(3,4)69(63)46-59)53-30-41-70-65(42-53)74-64-38-28-52-19-13-18-51-22-23-55(73(64)72(51)52)44-71(74)78(70)57-33-26-50(27-34-57)48-16-9-6-10-17-48/h5-46H,1-4H3. The van der Waals surface area contributed by atoms with Crippen molar-refractivity contribution in [2.75, 3.05) is 4.90 Å². The van der Waals surface area contributed by atoms with E-state index in [0.29, 0.717) is 0 Å². The lowest BCUT2D eigenvalue weighted by atomic mass is 9.81. The topological polar surface area (TPSA) is 8.17 Å². The maximum absolute atomic E-state index is 2.49. The van der Waals surface area contributed by atoms with Crippen LogP contribution in [-0.2, 0) is 10.8 Å². The third-order valence-electron chi connectivity index (χ3n) is 17.9. The van der Waals surface area contributed by atoms with Gasteiger partial charge in [0.25, 0.3) is 0 Å². The van der Waals surface area contributed by atoms with Crippen LogP contribution in [0.4, 0.5) is 17.1 Å². The maximum Gasteiger partial charge on any atom is 0.0553 e. The van der Waals surface area contributed by atoms with E-state index in [1.54, 1.807) is 0 Å². The minimum absolute atomic E-state index is 0.123. The zero-order valence-electron chi connectivity index (χ0n) is 44.1. The van der Waals surface area contributed by atoms with Crippen molar-refractivity contribution < 1.29 is 0 Å². The van der Waals surface area contributed by atoms with Crippen molar-refractivity contribution in [2.45, 2.75) is 38.5 Å². The summed E-state index contributed by atoms with van der Waals surface area (Å²) in [7, 11) is 0. The van der Waals surface area contributed by atoms with Crippen LogP contribution in [0.25, 0.3) is 115 Å². The fourth-order valence-electron chi connectivity index (χ4n) is 14.0. The predicted molar refractivity (Wildman–Crippen MR) is 331 cm³/mol. The fourth-order valence-corrected chi connectivity index (χ4v) is 14.0. The summed E-state index contributed by atoms with van der Waals surface area (Å²) in [5, 5.41) is 10.4. The second-order valence-corrected chi connectivity index (χ2v) is 22.9. The Morgan fingerprint density at radius 1 is 0.282 bits per heavy atom. The lowest BCUT2D eigenvalue weighted by Crippen LogP contribution is -2.18. The van der Waals surface area contributed by atoms with E-state index in [1.165, 1.54) is 132 Å². The van der Waals surface area contributed by atoms with Crippen molar-refractivity contribution in [1.82, 2.24) is 4.57 Å². The Kier molecular flexibility index (Phi) is 9.47. The van der Waals surface area contributed by atoms with Gasteiger partial charge in [-0.25, -0.2) is 0 Å². The largest absolute Gasteiger partial charge is 0.310 e. The number of nitrogens with zero attached hydrogens (tertiary/aromatic N) is 2. The molecule has 0 amide bonds. The normalized spacial score (nSPS) is 13.8. The van der Waals surface area contributed by atoms with Gasteiger partial charge in [-0.3, -0.25) is 0 Å². The van der Waals surface area contributed by atoms with Crippen LogP contribution >= 0.6 is 0 Å². The molecule has 1 aromatic heterocycles. The van der Waals surface area contributed by atoms with Gasteiger partial charge in [0.15, 0.2) is 0 Å². The second kappa shape index (κ2) is 16.5. The number of fused-ring (bicyclic) bond motifs is 10. The number of aromatic nitrogens is 1. The van der Waals surface area contributed by atoms with E-state index in [0.717, 1.165) is 22.7 Å². The van der Waals surface area contributed by atoms with Crippen molar-refractivity contribution in [3.63, 3.8) is 0 Å². The first kappa shape index (κ1) is 44.8. The molecule has 16 rings (SSSR count). The molecule has 0 bridgehead atoms. The van der Waals surface area contributed by atoms with E-state index in [-0.39, 0.29) is 10.8 Å². The molecule has 2 nitrogen and oxygen atoms in total. The highest BCUT2D eigenvalue weighted by Crippen LogP contribution is 2.54. The molecule has 1 heterocycles. The van der Waals surface area contributed by atoms with Gasteiger partial charge in [-0.05, 0) is 183 Å². The summed E-state index contributed by atoms with van der Waals surface area (Å²) in [4.78, 5) is 2.47. The SMILES string of the molecule is CC1(C)c2ccccc2-c2ccc(N(c3ccc(-c4ccccc4)cc3)c3ccc4c(c3)C(C)(C)c3cc(-c5ccc6c(c5)c5c7ccc8cccc9ccc(cc5n6-c5ccc(-c6ccccc6)cc5)c7c98)ccc3-4)cc21. The Balaban J connectivity index is 0.823. The summed E-state index contributed by atoms with van der Waals surface area (Å²) >= 11 is 0. The first-order valence-corrected chi connectivity index (χ1v) is 27.5. The van der Waals surface area contributed by atoms with Crippen LogP contribution in [0.15, 0.2) is 255 Å². The monoisotopic (exact) mass is 994 g/mol. The molecule has 0 atom stereocenters. The van der Waals surface area contributed by atoms with Crippen molar-refractivity contribution in [3.8, 4) is 61.3 Å². The van der Waals surface area contributed by atoms with E-state index in [2.05, 4.69) is 292 Å². The molecule has 2 aliphatic carbocycles. The van der Waals surface area contributed by atoms with E-state index in [1.807, 2.05) is 0 Å². The molecule has 0 radical (unpaired) electrons. The third kappa shape index (κ3) is 6.50. The molecule has 0 aliphatic heterocycles. The molecule has 0 spiro atoms. The quantitative estimate of drug-likeness (QED) is 0.145. The maximum atomic E-state index is 2.49. The molecular weight excluding hydrogens is 941 g/mol. The molecule has 2 aliphatic rings. The highest BCUT2D eigenvalue weighted by Gasteiger charge is 2.38. The van der Waals surface area contributed by atoms with Crippen molar-refractivity contribution in [1.29, 1.82) is 0 Å². The Bertz CT molecular complexity index is 4730. The van der Waals surface area contributed by atoms with Crippen LogP contribution in [0.5, 0.6) is 0 Å². The van der Waals surface area contributed by atoms with E-state index in [4.69, 9.17) is 0 Å². The van der Waals surface area contributed by atoms with Gasteiger partial charge in [0.2, 0.25) is 0 Å². The fraction of sp³-hybridized carbons (Fsp3) is 0.0789. The van der Waals surface area contributed by atoms with Gasteiger partial charge in [0.1, 0.15) is 0 Å². The lowest BCUT2D eigenvalue weighted by molar-refractivity contribution is 0.660. The zero-order chi connectivity index (χ0) is 52.0. The molecule has 0 saturated carbocycles. The first-order chi connectivity index (χ1) is 38.2. The molecule has 368 valence electrons. The van der Waals surface area contributed by atoms with E-state index in [9.17, 15) is 0 Å². The highest BCUT2D eigenvalue weighted by molar-refractivity contribution is 6.33. The van der Waals surface area contributed by atoms with Gasteiger partial charge >= 0.3 is 0 Å². The Morgan fingerprint density at radius 3 is 1.44 bits per heavy atom. The van der Waals surface area contributed by atoms with Gasteiger partial charge in [-0.2, -0.15) is 0 Å². The van der Waals surface area contributed by atoms with Crippen LogP contribution < -0.4 is 4.90 Å². The lowest BCUT2D eigenvalue weighted by Gasteiger charge is -2.30. The molecular formula is C76H54N2. The average Bonchev–Trinajstić information content (AvgIpc) is 4.23. The van der Waals surface area contributed by atoms with Gasteiger partial charge in [0.05, 0.1) is 11.0 Å². The van der Waals surface area contributed by atoms with E-state index < -0.39 is 0 Å². The smallest absolute Gasteiger partial charge is 0.0553 e. The van der Waals surface area contributed by atoms with Crippen molar-refractivity contribution >= 4 is 71.2 Å². The molecule has 13 aromatic carbocycles. The third-order valence-corrected chi connectivity index (χ3v) is 17.9. The summed E-state index contributed by atoms with van der Waals surface area (Å²) in [5.41, 5.74) is 24.6. The summed E-state index contributed by atoms with van der Waals surface area (Å²) in [5.74, 6) is 0. The molecule has 0 unspecified atom stereocenters. The second-order valence-electron chi connectivity index (χ2n) is 22.9. The summed E-state index contributed by atoms with van der Waals surface area (Å²) in [6, 6.07) is 95.6. The number of anilines is 3. The number of rotatable bonds is 7. The Morgan fingerprint density at radius 2 is 0.769 bits per heavy atom. The average molecular weight is 995 g/mol. The highest BCUT2D eigenvalue weighted by atomic mass is 15.1. The van der Waals surface area contributed by atoms with Crippen molar-refractivity contribution in [3.05, 3.63) is 277 Å². The van der Waals surface area contributed by atoms with Crippen LogP contribution in [0.1, 0.15) is 49.9 Å². The minimum Gasteiger partial charge on any atom is -0.310 e. The molecule has 0 fully saturated rings. The zero-order valence-corrected chi connectivity index (χ0v) is 44.1. The molecule has 0 saturated heterocycles. The Labute approximate surface area is 455 Å². The number of hydrogen-bond acceptors (Lipinski definition) is 1. The molecule has 0 N–H and O–H groups in total. The van der Waals surface area contributed by atoms with Crippen LogP contribution in [0.2, 0.25) is 0 Å².